The zero-order valence-electron chi connectivity index (χ0n) is 8.01. The van der Waals surface area contributed by atoms with E-state index in [1.165, 1.54) is 12.8 Å². The monoisotopic (exact) mass is 182 g/mol. The van der Waals surface area contributed by atoms with Crippen LogP contribution in [0.3, 0.4) is 0 Å². The minimum Gasteiger partial charge on any atom is -0.356 e. The van der Waals surface area contributed by atoms with Crippen molar-refractivity contribution in [2.45, 2.75) is 25.7 Å². The van der Waals surface area contributed by atoms with Gasteiger partial charge < -0.3 is 10.6 Å². The third-order valence-electron chi connectivity index (χ3n) is 2.97. The molecular formula is C10H18N2O. The summed E-state index contributed by atoms with van der Waals surface area (Å²) in [6.45, 7) is 2.92. The van der Waals surface area contributed by atoms with Gasteiger partial charge >= 0.3 is 0 Å². The highest BCUT2D eigenvalue weighted by Gasteiger charge is 2.25. The molecule has 1 saturated carbocycles. The maximum absolute atomic E-state index is 11.6. The molecule has 0 aromatic carbocycles. The largest absolute Gasteiger partial charge is 0.356 e. The van der Waals surface area contributed by atoms with E-state index in [2.05, 4.69) is 10.6 Å². The summed E-state index contributed by atoms with van der Waals surface area (Å²) in [6, 6.07) is 0. The zero-order chi connectivity index (χ0) is 9.10. The van der Waals surface area contributed by atoms with Crippen LogP contribution in [0.1, 0.15) is 25.7 Å². The molecule has 0 unspecified atom stereocenters. The van der Waals surface area contributed by atoms with Crippen LogP contribution >= 0.6 is 0 Å². The molecule has 0 bridgehead atoms. The van der Waals surface area contributed by atoms with Crippen LogP contribution in [0.25, 0.3) is 0 Å². The number of hydrogen-bond donors (Lipinski definition) is 2. The smallest absolute Gasteiger partial charge is 0.223 e. The van der Waals surface area contributed by atoms with Gasteiger partial charge in [-0.05, 0) is 44.7 Å². The summed E-state index contributed by atoms with van der Waals surface area (Å²) in [5.41, 5.74) is 0. The first-order valence-electron chi connectivity index (χ1n) is 5.34. The zero-order valence-corrected chi connectivity index (χ0v) is 8.01. The fourth-order valence-electron chi connectivity index (χ4n) is 1.80. The van der Waals surface area contributed by atoms with Gasteiger partial charge in [0.2, 0.25) is 5.91 Å². The van der Waals surface area contributed by atoms with Crippen molar-refractivity contribution in [1.29, 1.82) is 0 Å². The topological polar surface area (TPSA) is 41.1 Å². The van der Waals surface area contributed by atoms with Crippen molar-refractivity contribution in [2.24, 2.45) is 11.8 Å². The fraction of sp³-hybridized carbons (Fsp3) is 0.900. The van der Waals surface area contributed by atoms with Gasteiger partial charge in [-0.2, -0.15) is 0 Å². The lowest BCUT2D eigenvalue weighted by atomic mass is 9.97. The fourth-order valence-corrected chi connectivity index (χ4v) is 1.80. The molecule has 74 valence electrons. The highest BCUT2D eigenvalue weighted by Crippen LogP contribution is 2.27. The van der Waals surface area contributed by atoms with Crippen molar-refractivity contribution < 1.29 is 4.79 Å². The van der Waals surface area contributed by atoms with Crippen molar-refractivity contribution in [3.8, 4) is 0 Å². The Morgan fingerprint density at radius 1 is 1.23 bits per heavy atom. The second-order valence-corrected chi connectivity index (χ2v) is 4.21. The molecule has 0 aromatic heterocycles. The molecular weight excluding hydrogens is 164 g/mol. The molecule has 3 nitrogen and oxygen atoms in total. The number of nitrogens with one attached hydrogen (secondary N) is 2. The molecule has 2 rings (SSSR count). The standard InChI is InChI=1S/C10H18N2O/c13-10(12-7-8-1-2-8)9-3-5-11-6-4-9/h8-9,11H,1-7H2,(H,12,13). The molecule has 13 heavy (non-hydrogen) atoms. The third kappa shape index (κ3) is 2.69. The number of amides is 1. The van der Waals surface area contributed by atoms with Crippen LogP contribution in [0.15, 0.2) is 0 Å². The molecule has 1 amide bonds. The van der Waals surface area contributed by atoms with E-state index in [-0.39, 0.29) is 11.8 Å². The van der Waals surface area contributed by atoms with E-state index in [0.29, 0.717) is 0 Å². The molecule has 1 heterocycles. The Bertz CT molecular complexity index is 183. The SMILES string of the molecule is O=C(NCC1CC1)C1CCNCC1. The highest BCUT2D eigenvalue weighted by molar-refractivity contribution is 5.78. The first-order chi connectivity index (χ1) is 6.36. The van der Waals surface area contributed by atoms with E-state index in [0.717, 1.165) is 38.4 Å². The van der Waals surface area contributed by atoms with E-state index in [4.69, 9.17) is 0 Å². The number of piperidine rings is 1. The van der Waals surface area contributed by atoms with E-state index >= 15 is 0 Å². The Hall–Kier alpha value is -0.570. The van der Waals surface area contributed by atoms with Gasteiger partial charge in [-0.1, -0.05) is 0 Å². The van der Waals surface area contributed by atoms with Crippen molar-refractivity contribution in [3.63, 3.8) is 0 Å². The summed E-state index contributed by atoms with van der Waals surface area (Å²) in [4.78, 5) is 11.6. The van der Waals surface area contributed by atoms with Gasteiger partial charge in [-0.15, -0.1) is 0 Å². The van der Waals surface area contributed by atoms with Gasteiger partial charge in [0.15, 0.2) is 0 Å². The summed E-state index contributed by atoms with van der Waals surface area (Å²) in [5, 5.41) is 6.31. The van der Waals surface area contributed by atoms with Gasteiger partial charge in [0.1, 0.15) is 0 Å². The van der Waals surface area contributed by atoms with Gasteiger partial charge in [0.05, 0.1) is 0 Å². The summed E-state index contributed by atoms with van der Waals surface area (Å²) in [5.74, 6) is 1.36. The van der Waals surface area contributed by atoms with Crippen molar-refractivity contribution in [2.75, 3.05) is 19.6 Å². The highest BCUT2D eigenvalue weighted by atomic mass is 16.1. The summed E-state index contributed by atoms with van der Waals surface area (Å²) in [7, 11) is 0. The van der Waals surface area contributed by atoms with E-state index in [9.17, 15) is 4.79 Å². The molecule has 2 N–H and O–H groups in total. The maximum Gasteiger partial charge on any atom is 0.223 e. The molecule has 3 heteroatoms. The lowest BCUT2D eigenvalue weighted by molar-refractivity contribution is -0.125. The predicted molar refractivity (Wildman–Crippen MR) is 51.3 cm³/mol. The first kappa shape index (κ1) is 9.00. The van der Waals surface area contributed by atoms with Crippen LogP contribution in [0.5, 0.6) is 0 Å². The normalized spacial score (nSPS) is 24.3. The molecule has 2 aliphatic rings. The minimum atomic E-state index is 0.278. The van der Waals surface area contributed by atoms with Crippen molar-refractivity contribution in [3.05, 3.63) is 0 Å². The lowest BCUT2D eigenvalue weighted by Crippen LogP contribution is -2.38. The Morgan fingerprint density at radius 2 is 1.92 bits per heavy atom. The van der Waals surface area contributed by atoms with Gasteiger partial charge in [0, 0.05) is 12.5 Å². The van der Waals surface area contributed by atoms with Gasteiger partial charge in [0.25, 0.3) is 0 Å². The summed E-state index contributed by atoms with van der Waals surface area (Å²) < 4.78 is 0. The molecule has 0 spiro atoms. The minimum absolute atomic E-state index is 0.278. The molecule has 1 aliphatic heterocycles. The number of carbonyl (C=O) groups excluding carboxylic acids is 1. The average molecular weight is 182 g/mol. The van der Waals surface area contributed by atoms with Gasteiger partial charge in [-0.3, -0.25) is 4.79 Å². The predicted octanol–water partition coefficient (Wildman–Crippen LogP) is 0.512. The molecule has 0 atom stereocenters. The molecule has 1 aliphatic carbocycles. The Morgan fingerprint density at radius 3 is 2.54 bits per heavy atom. The van der Waals surface area contributed by atoms with Crippen LogP contribution in [0.2, 0.25) is 0 Å². The maximum atomic E-state index is 11.6. The second-order valence-electron chi connectivity index (χ2n) is 4.21. The van der Waals surface area contributed by atoms with Gasteiger partial charge in [-0.25, -0.2) is 0 Å². The number of rotatable bonds is 3. The molecule has 1 saturated heterocycles. The van der Waals surface area contributed by atoms with E-state index in [1.807, 2.05) is 0 Å². The first-order valence-corrected chi connectivity index (χ1v) is 5.34. The number of hydrogen-bond acceptors (Lipinski definition) is 2. The Labute approximate surface area is 79.3 Å². The van der Waals surface area contributed by atoms with Crippen LogP contribution < -0.4 is 10.6 Å². The van der Waals surface area contributed by atoms with Crippen molar-refractivity contribution >= 4 is 5.91 Å². The van der Waals surface area contributed by atoms with E-state index in [1.54, 1.807) is 0 Å². The van der Waals surface area contributed by atoms with Crippen molar-refractivity contribution in [1.82, 2.24) is 10.6 Å². The summed E-state index contributed by atoms with van der Waals surface area (Å²) in [6.07, 6.45) is 4.64. The number of carbonyl (C=O) groups is 1. The molecule has 0 aromatic rings. The molecule has 0 radical (unpaired) electrons. The van der Waals surface area contributed by atoms with Crippen LogP contribution in [-0.2, 0) is 4.79 Å². The molecule has 2 fully saturated rings. The summed E-state index contributed by atoms with van der Waals surface area (Å²) >= 11 is 0. The van der Waals surface area contributed by atoms with Crippen LogP contribution in [0.4, 0.5) is 0 Å². The Balaban J connectivity index is 1.67. The van der Waals surface area contributed by atoms with Crippen LogP contribution in [0, 0.1) is 11.8 Å². The lowest BCUT2D eigenvalue weighted by Gasteiger charge is -2.21. The van der Waals surface area contributed by atoms with Crippen LogP contribution in [-0.4, -0.2) is 25.5 Å². The third-order valence-corrected chi connectivity index (χ3v) is 2.97. The second kappa shape index (κ2) is 4.09. The van der Waals surface area contributed by atoms with E-state index < -0.39 is 0 Å². The quantitative estimate of drug-likeness (QED) is 0.668. The average Bonchev–Trinajstić information content (AvgIpc) is 2.99. The Kier molecular flexibility index (Phi) is 2.83.